The molecule has 6 nitrogen and oxygen atoms in total. The molecule has 2 rings (SSSR count). The number of nitrogens with two attached hydrogens (primary N) is 1. The second-order valence-electron chi connectivity index (χ2n) is 5.87. The summed E-state index contributed by atoms with van der Waals surface area (Å²) in [5.41, 5.74) is 7.04. The van der Waals surface area contributed by atoms with Crippen LogP contribution in [0.15, 0.2) is 47.5 Å². The summed E-state index contributed by atoms with van der Waals surface area (Å²) >= 11 is 0. The van der Waals surface area contributed by atoms with Crippen molar-refractivity contribution >= 4 is 11.6 Å². The van der Waals surface area contributed by atoms with E-state index in [2.05, 4.69) is 15.0 Å². The number of hydrogen-bond acceptors (Lipinski definition) is 4. The highest BCUT2D eigenvalue weighted by atomic mass is 19.3. The number of hydrogen-bond donors (Lipinski definition) is 2. The molecule has 0 radical (unpaired) electrons. The van der Waals surface area contributed by atoms with Gasteiger partial charge in [0, 0.05) is 11.3 Å². The molecule has 0 aliphatic heterocycles. The second-order valence-corrected chi connectivity index (χ2v) is 5.87. The van der Waals surface area contributed by atoms with Gasteiger partial charge in [-0.3, -0.25) is 0 Å². The largest absolute Gasteiger partial charge is 0.497 e. The Morgan fingerprint density at radius 3 is 2.33 bits per heavy atom. The Morgan fingerprint density at radius 2 is 1.74 bits per heavy atom. The molecule has 0 saturated carbocycles. The molecule has 0 atom stereocenters. The average molecular weight is 379 g/mol. The van der Waals surface area contributed by atoms with Crippen molar-refractivity contribution in [3.63, 3.8) is 0 Å². The van der Waals surface area contributed by atoms with Gasteiger partial charge in [0.2, 0.25) is 0 Å². The molecule has 0 heterocycles. The van der Waals surface area contributed by atoms with Crippen LogP contribution in [0.3, 0.4) is 0 Å². The summed E-state index contributed by atoms with van der Waals surface area (Å²) in [7, 11) is 1.48. The van der Waals surface area contributed by atoms with Crippen LogP contribution in [0.25, 0.3) is 0 Å². The predicted octanol–water partition coefficient (Wildman–Crippen LogP) is 4.01. The first-order valence-corrected chi connectivity index (χ1v) is 8.32. The van der Waals surface area contributed by atoms with E-state index in [4.69, 9.17) is 15.2 Å². The van der Waals surface area contributed by atoms with Crippen molar-refractivity contribution < 1.29 is 23.0 Å². The van der Waals surface area contributed by atoms with Crippen molar-refractivity contribution in [2.24, 2.45) is 10.7 Å². The molecule has 8 heteroatoms. The maximum absolute atomic E-state index is 12.5. The topological polar surface area (TPSA) is 78.1 Å². The van der Waals surface area contributed by atoms with Crippen LogP contribution in [0.4, 0.5) is 14.5 Å². The first-order valence-electron chi connectivity index (χ1n) is 8.32. The summed E-state index contributed by atoms with van der Waals surface area (Å²) in [6.07, 6.45) is 0.0861. The minimum Gasteiger partial charge on any atom is -0.497 e. The van der Waals surface area contributed by atoms with Gasteiger partial charge in [0.1, 0.15) is 17.2 Å². The van der Waals surface area contributed by atoms with Crippen molar-refractivity contribution in [3.8, 4) is 17.2 Å². The van der Waals surface area contributed by atoms with Gasteiger partial charge in [-0.2, -0.15) is 8.78 Å². The molecule has 0 saturated heterocycles. The first-order chi connectivity index (χ1) is 12.9. The Kier molecular flexibility index (Phi) is 7.22. The Morgan fingerprint density at radius 1 is 1.07 bits per heavy atom. The van der Waals surface area contributed by atoms with E-state index in [1.807, 2.05) is 26.0 Å². The monoisotopic (exact) mass is 379 g/mol. The zero-order chi connectivity index (χ0) is 19.8. The van der Waals surface area contributed by atoms with Gasteiger partial charge >= 0.3 is 6.61 Å². The number of guanidine groups is 1. The van der Waals surface area contributed by atoms with Gasteiger partial charge in [-0.1, -0.05) is 0 Å². The molecule has 0 fully saturated rings. The third-order valence-corrected chi connectivity index (χ3v) is 3.40. The lowest BCUT2D eigenvalue weighted by Gasteiger charge is -2.12. The van der Waals surface area contributed by atoms with Crippen molar-refractivity contribution in [1.29, 1.82) is 0 Å². The molecule has 0 aliphatic rings. The normalized spacial score (nSPS) is 11.6. The van der Waals surface area contributed by atoms with E-state index in [9.17, 15) is 8.78 Å². The van der Waals surface area contributed by atoms with E-state index in [1.54, 1.807) is 18.2 Å². The maximum Gasteiger partial charge on any atom is 0.387 e. The van der Waals surface area contributed by atoms with Gasteiger partial charge in [0.25, 0.3) is 0 Å². The molecule has 0 amide bonds. The minimum absolute atomic E-state index is 0.0255. The number of nitrogens with one attached hydrogen (secondary N) is 1. The fourth-order valence-electron chi connectivity index (χ4n) is 2.26. The van der Waals surface area contributed by atoms with Crippen molar-refractivity contribution in [1.82, 2.24) is 0 Å². The Bertz CT molecular complexity index is 765. The quantitative estimate of drug-likeness (QED) is 0.535. The number of rotatable bonds is 8. The van der Waals surface area contributed by atoms with Gasteiger partial charge in [-0.05, 0) is 56.3 Å². The highest BCUT2D eigenvalue weighted by Crippen LogP contribution is 2.26. The lowest BCUT2D eigenvalue weighted by Crippen LogP contribution is -2.22. The van der Waals surface area contributed by atoms with Crippen LogP contribution in [0.2, 0.25) is 0 Å². The third kappa shape index (κ3) is 6.65. The average Bonchev–Trinajstić information content (AvgIpc) is 2.61. The number of benzene rings is 2. The lowest BCUT2D eigenvalue weighted by molar-refractivity contribution is -0.0504. The zero-order valence-corrected chi connectivity index (χ0v) is 15.4. The molecular weight excluding hydrogens is 356 g/mol. The highest BCUT2D eigenvalue weighted by Gasteiger charge is 2.11. The van der Waals surface area contributed by atoms with Gasteiger partial charge in [0.05, 0.1) is 19.8 Å². The summed E-state index contributed by atoms with van der Waals surface area (Å²) in [5.74, 6) is 1.42. The van der Waals surface area contributed by atoms with Gasteiger partial charge in [-0.15, -0.1) is 0 Å². The molecule has 2 aromatic carbocycles. The number of anilines is 1. The molecule has 2 aromatic rings. The van der Waals surface area contributed by atoms with Crippen molar-refractivity contribution in [2.45, 2.75) is 33.1 Å². The van der Waals surface area contributed by atoms with Gasteiger partial charge in [-0.25, -0.2) is 4.99 Å². The first kappa shape index (κ1) is 20.3. The van der Waals surface area contributed by atoms with Gasteiger partial charge in [0.15, 0.2) is 5.96 Å². The number of alkyl halides is 2. The number of aliphatic imine (C=N–C) groups is 1. The maximum atomic E-state index is 12.5. The molecule has 0 spiro atoms. The van der Waals surface area contributed by atoms with Crippen LogP contribution in [0, 0.1) is 0 Å². The van der Waals surface area contributed by atoms with Crippen LogP contribution in [-0.4, -0.2) is 25.8 Å². The molecule has 0 bridgehead atoms. The van der Waals surface area contributed by atoms with Crippen LogP contribution in [0.1, 0.15) is 19.4 Å². The fraction of sp³-hybridized carbons (Fsp3) is 0.316. The number of ether oxygens (including phenoxy) is 3. The van der Waals surface area contributed by atoms with Crippen LogP contribution in [-0.2, 0) is 6.54 Å². The molecule has 27 heavy (non-hydrogen) atoms. The van der Waals surface area contributed by atoms with E-state index < -0.39 is 6.61 Å². The molecular formula is C19H23F2N3O3. The van der Waals surface area contributed by atoms with E-state index in [0.29, 0.717) is 11.3 Å². The summed E-state index contributed by atoms with van der Waals surface area (Å²) in [6, 6.07) is 11.7. The summed E-state index contributed by atoms with van der Waals surface area (Å²) in [6.45, 7) is 1.01. The van der Waals surface area contributed by atoms with E-state index in [1.165, 1.54) is 19.2 Å². The number of methoxy groups -OCH3 is 1. The fourth-order valence-corrected chi connectivity index (χ4v) is 2.26. The van der Waals surface area contributed by atoms with Crippen LogP contribution in [0.5, 0.6) is 17.2 Å². The molecule has 0 aromatic heterocycles. The van der Waals surface area contributed by atoms with Crippen molar-refractivity contribution in [2.75, 3.05) is 12.4 Å². The predicted molar refractivity (Wildman–Crippen MR) is 101 cm³/mol. The summed E-state index contributed by atoms with van der Waals surface area (Å²) in [5, 5.41) is 2.93. The Hall–Kier alpha value is -3.03. The summed E-state index contributed by atoms with van der Waals surface area (Å²) < 4.78 is 40.3. The smallest absolute Gasteiger partial charge is 0.387 e. The highest BCUT2D eigenvalue weighted by molar-refractivity contribution is 5.92. The SMILES string of the molecule is COc1ccc(OC(F)F)c(CN=C(N)Nc2ccc(OC(C)C)cc2)c1. The zero-order valence-electron chi connectivity index (χ0n) is 15.4. The molecule has 3 N–H and O–H groups in total. The number of halogens is 2. The Balaban J connectivity index is 2.06. The van der Waals surface area contributed by atoms with Crippen LogP contribution < -0.4 is 25.3 Å². The molecule has 0 unspecified atom stereocenters. The van der Waals surface area contributed by atoms with E-state index in [0.717, 1.165) is 11.4 Å². The Labute approximate surface area is 156 Å². The van der Waals surface area contributed by atoms with Crippen LogP contribution >= 0.6 is 0 Å². The lowest BCUT2D eigenvalue weighted by atomic mass is 10.2. The van der Waals surface area contributed by atoms with E-state index in [-0.39, 0.29) is 24.4 Å². The third-order valence-electron chi connectivity index (χ3n) is 3.40. The number of nitrogens with zero attached hydrogens (tertiary/aromatic N) is 1. The van der Waals surface area contributed by atoms with Crippen molar-refractivity contribution in [3.05, 3.63) is 48.0 Å². The van der Waals surface area contributed by atoms with Gasteiger partial charge < -0.3 is 25.3 Å². The molecule has 146 valence electrons. The second kappa shape index (κ2) is 9.61. The minimum atomic E-state index is -2.93. The van der Waals surface area contributed by atoms with E-state index >= 15 is 0 Å². The molecule has 0 aliphatic carbocycles. The summed E-state index contributed by atoms with van der Waals surface area (Å²) in [4.78, 5) is 4.18. The standard InChI is InChI=1S/C19H23F2N3O3/c1-12(2)26-15-6-4-14(5-7-15)24-19(22)23-11-13-10-16(25-3)8-9-17(13)27-18(20)21/h4-10,12,18H,11H2,1-3H3,(H3,22,23,24).